The number of nitrogens with one attached hydrogen (secondary N) is 1. The first-order valence-electron chi connectivity index (χ1n) is 7.76. The molecular formula is C17H16F2N2O4S. The minimum Gasteiger partial charge on any atom is -0.494 e. The van der Waals surface area contributed by atoms with Crippen molar-refractivity contribution in [2.45, 2.75) is 6.42 Å². The molecule has 0 unspecified atom stereocenters. The molecular weight excluding hydrogens is 366 g/mol. The zero-order chi connectivity index (χ0) is 18.9. The number of sulfonamides is 1. The summed E-state index contributed by atoms with van der Waals surface area (Å²) in [5.74, 6) is -2.44. The molecule has 138 valence electrons. The molecule has 1 heterocycles. The molecule has 1 fully saturated rings. The third kappa shape index (κ3) is 3.48. The van der Waals surface area contributed by atoms with Gasteiger partial charge in [-0.25, -0.2) is 17.2 Å². The zero-order valence-electron chi connectivity index (χ0n) is 13.8. The van der Waals surface area contributed by atoms with Crippen molar-refractivity contribution in [2.24, 2.45) is 0 Å². The van der Waals surface area contributed by atoms with Crippen LogP contribution in [0.1, 0.15) is 16.8 Å². The van der Waals surface area contributed by atoms with Gasteiger partial charge in [0.25, 0.3) is 5.91 Å². The SMILES string of the molecule is COc1cc(NC(=O)c2ccc(F)c(F)c2)ccc1N1CCCS1(=O)=O. The molecule has 2 aromatic rings. The maximum Gasteiger partial charge on any atom is 0.255 e. The molecule has 1 amide bonds. The van der Waals surface area contributed by atoms with E-state index in [0.29, 0.717) is 24.3 Å². The second-order valence-electron chi connectivity index (χ2n) is 5.71. The number of rotatable bonds is 4. The molecule has 26 heavy (non-hydrogen) atoms. The van der Waals surface area contributed by atoms with Crippen LogP contribution in [0.15, 0.2) is 36.4 Å². The molecule has 6 nitrogen and oxygen atoms in total. The standard InChI is InChI=1S/C17H16F2N2O4S/c1-25-16-10-12(4-6-15(16)21-7-2-8-26(21,23)24)20-17(22)11-3-5-13(18)14(19)9-11/h3-6,9-10H,2,7-8H2,1H3,(H,20,22). The highest BCUT2D eigenvalue weighted by molar-refractivity contribution is 7.93. The van der Waals surface area contributed by atoms with Gasteiger partial charge in [-0.2, -0.15) is 0 Å². The van der Waals surface area contributed by atoms with Gasteiger partial charge in [0.1, 0.15) is 5.75 Å². The number of hydrogen-bond acceptors (Lipinski definition) is 4. The van der Waals surface area contributed by atoms with Crippen LogP contribution in [0.4, 0.5) is 20.2 Å². The highest BCUT2D eigenvalue weighted by Crippen LogP contribution is 2.35. The number of methoxy groups -OCH3 is 1. The van der Waals surface area contributed by atoms with Crippen LogP contribution in [0.2, 0.25) is 0 Å². The molecule has 0 atom stereocenters. The Balaban J connectivity index is 1.85. The number of nitrogens with zero attached hydrogens (tertiary/aromatic N) is 1. The fourth-order valence-corrected chi connectivity index (χ4v) is 4.28. The van der Waals surface area contributed by atoms with E-state index < -0.39 is 27.6 Å². The average Bonchev–Trinajstić information content (AvgIpc) is 2.96. The van der Waals surface area contributed by atoms with Crippen LogP contribution in [0.25, 0.3) is 0 Å². The number of amides is 1. The molecule has 2 aromatic carbocycles. The quantitative estimate of drug-likeness (QED) is 0.882. The van der Waals surface area contributed by atoms with Gasteiger partial charge < -0.3 is 10.1 Å². The van der Waals surface area contributed by atoms with E-state index in [1.54, 1.807) is 0 Å². The van der Waals surface area contributed by atoms with Crippen molar-refractivity contribution in [1.82, 2.24) is 0 Å². The van der Waals surface area contributed by atoms with E-state index in [2.05, 4.69) is 5.32 Å². The summed E-state index contributed by atoms with van der Waals surface area (Å²) in [7, 11) is -1.98. The van der Waals surface area contributed by atoms with Crippen LogP contribution in [-0.4, -0.2) is 33.7 Å². The summed E-state index contributed by atoms with van der Waals surface area (Å²) in [6, 6.07) is 7.35. The monoisotopic (exact) mass is 382 g/mol. The van der Waals surface area contributed by atoms with Crippen molar-refractivity contribution in [3.63, 3.8) is 0 Å². The third-order valence-corrected chi connectivity index (χ3v) is 5.84. The Morgan fingerprint density at radius 2 is 1.92 bits per heavy atom. The van der Waals surface area contributed by atoms with Gasteiger partial charge in [-0.3, -0.25) is 9.10 Å². The lowest BCUT2D eigenvalue weighted by Gasteiger charge is -2.20. The number of carbonyl (C=O) groups excluding carboxylic acids is 1. The molecule has 0 bridgehead atoms. The second kappa shape index (κ2) is 6.91. The van der Waals surface area contributed by atoms with E-state index >= 15 is 0 Å². The Morgan fingerprint density at radius 1 is 1.15 bits per heavy atom. The largest absolute Gasteiger partial charge is 0.494 e. The molecule has 0 radical (unpaired) electrons. The van der Waals surface area contributed by atoms with Gasteiger partial charge in [0, 0.05) is 23.9 Å². The Hall–Kier alpha value is -2.68. The Labute approximate surface area is 149 Å². The summed E-state index contributed by atoms with van der Waals surface area (Å²) in [6.07, 6.45) is 0.528. The summed E-state index contributed by atoms with van der Waals surface area (Å²) in [6.45, 7) is 0.360. The lowest BCUT2D eigenvalue weighted by Crippen LogP contribution is -2.25. The van der Waals surface area contributed by atoms with Crippen molar-refractivity contribution in [3.05, 3.63) is 53.6 Å². The van der Waals surface area contributed by atoms with Crippen molar-refractivity contribution in [1.29, 1.82) is 0 Å². The highest BCUT2D eigenvalue weighted by Gasteiger charge is 2.30. The summed E-state index contributed by atoms with van der Waals surface area (Å²) < 4.78 is 56.9. The van der Waals surface area contributed by atoms with Crippen molar-refractivity contribution >= 4 is 27.3 Å². The van der Waals surface area contributed by atoms with Gasteiger partial charge in [-0.15, -0.1) is 0 Å². The Bertz CT molecular complexity index is 963. The fourth-order valence-electron chi connectivity index (χ4n) is 2.71. The van der Waals surface area contributed by atoms with Crippen molar-refractivity contribution in [3.8, 4) is 5.75 Å². The molecule has 1 N–H and O–H groups in total. The average molecular weight is 382 g/mol. The summed E-state index contributed by atoms with van der Waals surface area (Å²) in [5, 5.41) is 2.54. The van der Waals surface area contributed by atoms with Crippen LogP contribution >= 0.6 is 0 Å². The van der Waals surface area contributed by atoms with E-state index in [1.807, 2.05) is 0 Å². The van der Waals surface area contributed by atoms with E-state index in [9.17, 15) is 22.0 Å². The normalized spacial score (nSPS) is 15.7. The molecule has 9 heteroatoms. The zero-order valence-corrected chi connectivity index (χ0v) is 14.6. The van der Waals surface area contributed by atoms with Gasteiger partial charge in [0.05, 0.1) is 18.6 Å². The number of halogens is 2. The molecule has 0 aromatic heterocycles. The minimum absolute atomic E-state index is 0.0472. The van der Waals surface area contributed by atoms with Crippen LogP contribution in [0, 0.1) is 11.6 Å². The van der Waals surface area contributed by atoms with Crippen molar-refractivity contribution in [2.75, 3.05) is 29.0 Å². The summed E-state index contributed by atoms with van der Waals surface area (Å²) in [4.78, 5) is 12.2. The number of anilines is 2. The number of hydrogen-bond donors (Lipinski definition) is 1. The predicted octanol–water partition coefficient (Wildman–Crippen LogP) is 2.77. The van der Waals surface area contributed by atoms with Crippen molar-refractivity contribution < 1.29 is 26.7 Å². The number of benzene rings is 2. The Morgan fingerprint density at radius 3 is 2.54 bits per heavy atom. The lowest BCUT2D eigenvalue weighted by molar-refractivity contribution is 0.102. The van der Waals surface area contributed by atoms with Gasteiger partial charge in [0.2, 0.25) is 10.0 Å². The van der Waals surface area contributed by atoms with E-state index in [-0.39, 0.29) is 17.1 Å². The van der Waals surface area contributed by atoms with Crippen LogP contribution < -0.4 is 14.4 Å². The van der Waals surface area contributed by atoms with Gasteiger partial charge in [-0.1, -0.05) is 0 Å². The van der Waals surface area contributed by atoms with E-state index in [4.69, 9.17) is 4.74 Å². The first-order chi connectivity index (χ1) is 12.3. The van der Waals surface area contributed by atoms with Gasteiger partial charge >= 0.3 is 0 Å². The Kier molecular flexibility index (Phi) is 4.82. The van der Waals surface area contributed by atoms with Crippen LogP contribution in [0.3, 0.4) is 0 Å². The minimum atomic E-state index is -3.37. The summed E-state index contributed by atoms with van der Waals surface area (Å²) >= 11 is 0. The molecule has 0 aliphatic carbocycles. The summed E-state index contributed by atoms with van der Waals surface area (Å²) in [5.41, 5.74) is 0.668. The molecule has 1 saturated heterocycles. The molecule has 0 saturated carbocycles. The molecule has 3 rings (SSSR count). The lowest BCUT2D eigenvalue weighted by atomic mass is 10.2. The maximum absolute atomic E-state index is 13.3. The van der Waals surface area contributed by atoms with Crippen LogP contribution in [-0.2, 0) is 10.0 Å². The molecule has 1 aliphatic rings. The van der Waals surface area contributed by atoms with E-state index in [1.165, 1.54) is 29.6 Å². The van der Waals surface area contributed by atoms with Gasteiger partial charge in [0.15, 0.2) is 11.6 Å². The van der Waals surface area contributed by atoms with E-state index in [0.717, 1.165) is 18.2 Å². The highest BCUT2D eigenvalue weighted by atomic mass is 32.2. The topological polar surface area (TPSA) is 75.7 Å². The smallest absolute Gasteiger partial charge is 0.255 e. The maximum atomic E-state index is 13.3. The predicted molar refractivity (Wildman–Crippen MR) is 93.1 cm³/mol. The third-order valence-electron chi connectivity index (χ3n) is 3.99. The molecule has 0 spiro atoms. The second-order valence-corrected chi connectivity index (χ2v) is 7.72. The first kappa shape index (κ1) is 18.1. The van der Waals surface area contributed by atoms with Gasteiger partial charge in [-0.05, 0) is 36.8 Å². The van der Waals surface area contributed by atoms with Crippen LogP contribution in [0.5, 0.6) is 5.75 Å². The molecule has 1 aliphatic heterocycles. The number of ether oxygens (including phenoxy) is 1. The first-order valence-corrected chi connectivity index (χ1v) is 9.37. The fraction of sp³-hybridized carbons (Fsp3) is 0.235. The number of carbonyl (C=O) groups is 1.